The minimum absolute atomic E-state index is 0.0591. The number of rotatable bonds is 4. The average Bonchev–Trinajstić information content (AvgIpc) is 3.29. The number of amides is 1. The molecular weight excluding hydrogens is 322 g/mol. The molecule has 1 aliphatic heterocycles. The van der Waals surface area contributed by atoms with Crippen LogP contribution >= 0.6 is 11.3 Å². The van der Waals surface area contributed by atoms with Crippen LogP contribution in [0, 0.1) is 0 Å². The van der Waals surface area contributed by atoms with Gasteiger partial charge in [0.1, 0.15) is 11.9 Å². The van der Waals surface area contributed by atoms with E-state index in [0.717, 1.165) is 23.3 Å². The van der Waals surface area contributed by atoms with E-state index in [0.29, 0.717) is 17.2 Å². The molecule has 4 rings (SSSR count). The highest BCUT2D eigenvalue weighted by Gasteiger charge is 2.26. The Morgan fingerprint density at radius 3 is 2.88 bits per heavy atom. The van der Waals surface area contributed by atoms with Crippen molar-refractivity contribution in [2.45, 2.75) is 12.5 Å². The predicted molar refractivity (Wildman–Crippen MR) is 92.2 cm³/mol. The summed E-state index contributed by atoms with van der Waals surface area (Å²) in [6, 6.07) is 11.5. The third-order valence-electron chi connectivity index (χ3n) is 3.87. The van der Waals surface area contributed by atoms with E-state index in [9.17, 15) is 4.79 Å². The van der Waals surface area contributed by atoms with Crippen LogP contribution in [-0.4, -0.2) is 28.5 Å². The summed E-state index contributed by atoms with van der Waals surface area (Å²) in [5.41, 5.74) is 2.01. The van der Waals surface area contributed by atoms with Crippen molar-refractivity contribution in [3.05, 3.63) is 64.6 Å². The van der Waals surface area contributed by atoms with Gasteiger partial charge in [0, 0.05) is 18.8 Å². The fourth-order valence-corrected chi connectivity index (χ4v) is 3.41. The highest BCUT2D eigenvalue weighted by molar-refractivity contribution is 7.12. The molecule has 3 aromatic rings. The van der Waals surface area contributed by atoms with E-state index in [1.54, 1.807) is 18.5 Å². The van der Waals surface area contributed by atoms with Crippen LogP contribution in [0.2, 0.25) is 0 Å². The van der Waals surface area contributed by atoms with Gasteiger partial charge in [-0.2, -0.15) is 0 Å². The van der Waals surface area contributed by atoms with Crippen LogP contribution in [0.25, 0.3) is 11.4 Å². The molecule has 0 radical (unpaired) electrons. The van der Waals surface area contributed by atoms with Gasteiger partial charge >= 0.3 is 0 Å². The molecule has 0 fully saturated rings. The van der Waals surface area contributed by atoms with E-state index in [1.807, 2.05) is 35.7 Å². The van der Waals surface area contributed by atoms with Crippen LogP contribution in [0.5, 0.6) is 5.75 Å². The monoisotopic (exact) mass is 337 g/mol. The molecule has 0 saturated carbocycles. The van der Waals surface area contributed by atoms with Crippen LogP contribution in [0.1, 0.15) is 15.2 Å². The van der Waals surface area contributed by atoms with Crippen molar-refractivity contribution in [1.82, 2.24) is 15.3 Å². The zero-order valence-electron chi connectivity index (χ0n) is 12.8. The summed E-state index contributed by atoms with van der Waals surface area (Å²) in [6.07, 6.45) is 4.12. The summed E-state index contributed by atoms with van der Waals surface area (Å²) < 4.78 is 6.07. The van der Waals surface area contributed by atoms with Crippen LogP contribution in [-0.2, 0) is 6.42 Å². The van der Waals surface area contributed by atoms with Crippen LogP contribution < -0.4 is 10.1 Å². The van der Waals surface area contributed by atoms with Gasteiger partial charge < -0.3 is 10.1 Å². The number of ether oxygens (including phenoxy) is 1. The molecule has 1 aromatic carbocycles. The Morgan fingerprint density at radius 1 is 1.21 bits per heavy atom. The van der Waals surface area contributed by atoms with E-state index in [-0.39, 0.29) is 12.0 Å². The van der Waals surface area contributed by atoms with E-state index >= 15 is 0 Å². The highest BCUT2D eigenvalue weighted by Crippen LogP contribution is 2.37. The minimum Gasteiger partial charge on any atom is -0.487 e. The lowest BCUT2D eigenvalue weighted by molar-refractivity contribution is 0.0937. The summed E-state index contributed by atoms with van der Waals surface area (Å²) >= 11 is 1.43. The Kier molecular flexibility index (Phi) is 3.96. The van der Waals surface area contributed by atoms with Gasteiger partial charge in [0.05, 0.1) is 17.0 Å². The molecule has 5 nitrogen and oxygen atoms in total. The van der Waals surface area contributed by atoms with Gasteiger partial charge in [-0.25, -0.2) is 9.97 Å². The Balaban J connectivity index is 1.47. The van der Waals surface area contributed by atoms with Gasteiger partial charge in [-0.1, -0.05) is 18.2 Å². The lowest BCUT2D eigenvalue weighted by Crippen LogP contribution is -2.34. The lowest BCUT2D eigenvalue weighted by Gasteiger charge is -2.12. The van der Waals surface area contributed by atoms with Gasteiger partial charge in [0.2, 0.25) is 0 Å². The molecule has 6 heteroatoms. The van der Waals surface area contributed by atoms with E-state index in [1.165, 1.54) is 11.3 Å². The molecule has 120 valence electrons. The lowest BCUT2D eigenvalue weighted by atomic mass is 10.1. The van der Waals surface area contributed by atoms with Crippen molar-refractivity contribution >= 4 is 17.2 Å². The molecule has 3 heterocycles. The zero-order valence-corrected chi connectivity index (χ0v) is 13.6. The molecule has 2 aromatic heterocycles. The number of aromatic nitrogens is 2. The minimum atomic E-state index is -0.0752. The number of hydrogen-bond acceptors (Lipinski definition) is 5. The molecule has 1 atom stereocenters. The van der Waals surface area contributed by atoms with Crippen LogP contribution in [0.3, 0.4) is 0 Å². The molecule has 1 unspecified atom stereocenters. The second kappa shape index (κ2) is 6.41. The Labute approximate surface area is 143 Å². The third kappa shape index (κ3) is 2.88. The number of nitrogens with zero attached hydrogens (tertiary/aromatic N) is 2. The first kappa shape index (κ1) is 14.8. The van der Waals surface area contributed by atoms with Crippen molar-refractivity contribution in [2.75, 3.05) is 6.54 Å². The fraction of sp³-hybridized carbons (Fsp3) is 0.167. The molecule has 0 aliphatic carbocycles. The molecule has 0 saturated heterocycles. The topological polar surface area (TPSA) is 64.1 Å². The van der Waals surface area contributed by atoms with Crippen molar-refractivity contribution in [2.24, 2.45) is 0 Å². The summed E-state index contributed by atoms with van der Waals surface area (Å²) in [4.78, 5) is 21.4. The van der Waals surface area contributed by atoms with Crippen molar-refractivity contribution in [3.8, 4) is 17.1 Å². The maximum absolute atomic E-state index is 12.0. The van der Waals surface area contributed by atoms with Crippen LogP contribution in [0.4, 0.5) is 0 Å². The fourth-order valence-electron chi connectivity index (χ4n) is 2.77. The van der Waals surface area contributed by atoms with E-state index < -0.39 is 0 Å². The van der Waals surface area contributed by atoms with E-state index in [2.05, 4.69) is 15.3 Å². The maximum atomic E-state index is 12.0. The first-order chi connectivity index (χ1) is 11.8. The second-order valence-electron chi connectivity index (χ2n) is 5.50. The Morgan fingerprint density at radius 2 is 2.08 bits per heavy atom. The smallest absolute Gasteiger partial charge is 0.261 e. The maximum Gasteiger partial charge on any atom is 0.261 e. The number of benzene rings is 1. The van der Waals surface area contributed by atoms with Gasteiger partial charge in [0.15, 0.2) is 5.82 Å². The average molecular weight is 337 g/mol. The summed E-state index contributed by atoms with van der Waals surface area (Å²) in [7, 11) is 0. The number of fused-ring (bicyclic) bond motifs is 1. The molecule has 0 spiro atoms. The van der Waals surface area contributed by atoms with Crippen molar-refractivity contribution in [3.63, 3.8) is 0 Å². The first-order valence-electron chi connectivity index (χ1n) is 7.69. The van der Waals surface area contributed by atoms with Crippen molar-refractivity contribution < 1.29 is 9.53 Å². The third-order valence-corrected chi connectivity index (χ3v) is 4.74. The highest BCUT2D eigenvalue weighted by atomic mass is 32.1. The summed E-state index contributed by atoms with van der Waals surface area (Å²) in [5.74, 6) is 1.41. The number of nitrogens with one attached hydrogen (secondary N) is 1. The second-order valence-corrected chi connectivity index (χ2v) is 6.45. The van der Waals surface area contributed by atoms with Gasteiger partial charge in [-0.15, -0.1) is 11.3 Å². The first-order valence-corrected chi connectivity index (χ1v) is 8.57. The standard InChI is InChI=1S/C18H15N3O2S/c22-18(15-6-2-9-24-15)21-11-13-10-12-4-1-5-14(16(12)23-13)17-19-7-3-8-20-17/h1-9,13H,10-11H2,(H,21,22). The van der Waals surface area contributed by atoms with Crippen molar-refractivity contribution in [1.29, 1.82) is 0 Å². The molecule has 24 heavy (non-hydrogen) atoms. The number of thiophene rings is 1. The normalized spacial score (nSPS) is 15.6. The quantitative estimate of drug-likeness (QED) is 0.795. The van der Waals surface area contributed by atoms with Crippen LogP contribution in [0.15, 0.2) is 54.2 Å². The molecule has 0 bridgehead atoms. The SMILES string of the molecule is O=C(NCC1Cc2cccc(-c3ncccn3)c2O1)c1cccs1. The zero-order chi connectivity index (χ0) is 16.4. The largest absolute Gasteiger partial charge is 0.487 e. The predicted octanol–water partition coefficient (Wildman–Crippen LogP) is 2.94. The molecule has 1 N–H and O–H groups in total. The number of carbonyl (C=O) groups excluding carboxylic acids is 1. The van der Waals surface area contributed by atoms with E-state index in [4.69, 9.17) is 4.74 Å². The molecule has 1 aliphatic rings. The molecule has 1 amide bonds. The number of hydrogen-bond donors (Lipinski definition) is 1. The van der Waals surface area contributed by atoms with Gasteiger partial charge in [-0.3, -0.25) is 4.79 Å². The Hall–Kier alpha value is -2.73. The van der Waals surface area contributed by atoms with Gasteiger partial charge in [-0.05, 0) is 29.1 Å². The molecular formula is C18H15N3O2S. The summed E-state index contributed by atoms with van der Waals surface area (Å²) in [6.45, 7) is 0.473. The number of para-hydroxylation sites is 1. The Bertz CT molecular complexity index is 850. The summed E-state index contributed by atoms with van der Waals surface area (Å²) in [5, 5.41) is 4.83. The number of carbonyl (C=O) groups is 1. The van der Waals surface area contributed by atoms with Gasteiger partial charge in [0.25, 0.3) is 5.91 Å².